The van der Waals surface area contributed by atoms with E-state index in [1.807, 2.05) is 74.5 Å². The number of aromatic nitrogens is 1. The van der Waals surface area contributed by atoms with Crippen molar-refractivity contribution in [2.45, 2.75) is 39.7 Å². The maximum Gasteiger partial charge on any atom is 0.253 e. The second kappa shape index (κ2) is 11.7. The van der Waals surface area contributed by atoms with E-state index in [2.05, 4.69) is 22.0 Å². The molecule has 1 aromatic heterocycles. The lowest BCUT2D eigenvalue weighted by molar-refractivity contribution is 0.0773. The van der Waals surface area contributed by atoms with Crippen LogP contribution in [0.25, 0.3) is 10.9 Å². The first-order valence-electron chi connectivity index (χ1n) is 13.7. The lowest BCUT2D eigenvalue weighted by Crippen LogP contribution is -2.30. The van der Waals surface area contributed by atoms with Gasteiger partial charge in [-0.25, -0.2) is 4.99 Å². The number of nitrogens with zero attached hydrogens (tertiary/aromatic N) is 3. The molecule has 6 nitrogen and oxygen atoms in total. The van der Waals surface area contributed by atoms with Crippen LogP contribution in [-0.2, 0) is 6.54 Å². The molecular weight excluding hydrogens is 472 g/mol. The SMILES string of the molecule is CCN(CC)C(=O)c1ccc2[nH]c(O)c(C(=Nc3ccc(CN4CCCCC4)cc3)c3ccccc3)c2c1. The molecule has 0 unspecified atom stereocenters. The van der Waals surface area contributed by atoms with Gasteiger partial charge in [-0.3, -0.25) is 9.69 Å². The van der Waals surface area contributed by atoms with Crippen molar-refractivity contribution >= 4 is 28.2 Å². The Hall–Kier alpha value is -3.90. The molecule has 5 rings (SSSR count). The molecule has 3 aromatic carbocycles. The number of hydrogen-bond acceptors (Lipinski definition) is 4. The van der Waals surface area contributed by atoms with E-state index in [0.29, 0.717) is 29.9 Å². The maximum atomic E-state index is 13.1. The predicted octanol–water partition coefficient (Wildman–Crippen LogP) is 6.51. The Balaban J connectivity index is 1.55. The molecule has 0 saturated carbocycles. The van der Waals surface area contributed by atoms with Crippen LogP contribution in [0, 0.1) is 0 Å². The second-order valence-corrected chi connectivity index (χ2v) is 9.92. The number of aromatic amines is 1. The summed E-state index contributed by atoms with van der Waals surface area (Å²) in [6.07, 6.45) is 3.89. The molecule has 196 valence electrons. The number of piperidine rings is 1. The van der Waals surface area contributed by atoms with Gasteiger partial charge in [-0.2, -0.15) is 0 Å². The van der Waals surface area contributed by atoms with Crippen LogP contribution in [-0.4, -0.2) is 57.7 Å². The van der Waals surface area contributed by atoms with Gasteiger partial charge in [-0.05, 0) is 75.7 Å². The van der Waals surface area contributed by atoms with Crippen molar-refractivity contribution in [3.05, 3.63) is 95.1 Å². The van der Waals surface area contributed by atoms with Gasteiger partial charge in [-0.1, -0.05) is 48.9 Å². The van der Waals surface area contributed by atoms with E-state index in [-0.39, 0.29) is 11.8 Å². The van der Waals surface area contributed by atoms with Gasteiger partial charge in [0, 0.05) is 41.7 Å². The Kier molecular flexibility index (Phi) is 7.89. The first kappa shape index (κ1) is 25.7. The number of fused-ring (bicyclic) bond motifs is 1. The second-order valence-electron chi connectivity index (χ2n) is 9.92. The third-order valence-electron chi connectivity index (χ3n) is 7.39. The van der Waals surface area contributed by atoms with Crippen LogP contribution in [0.3, 0.4) is 0 Å². The zero-order chi connectivity index (χ0) is 26.5. The van der Waals surface area contributed by atoms with Crippen LogP contribution in [0.2, 0.25) is 0 Å². The predicted molar refractivity (Wildman–Crippen MR) is 155 cm³/mol. The quantitative estimate of drug-likeness (QED) is 0.267. The van der Waals surface area contributed by atoms with Gasteiger partial charge >= 0.3 is 0 Å². The molecule has 6 heteroatoms. The lowest BCUT2D eigenvalue weighted by Gasteiger charge is -2.26. The zero-order valence-corrected chi connectivity index (χ0v) is 22.3. The minimum Gasteiger partial charge on any atom is -0.494 e. The fraction of sp³-hybridized carbons (Fsp3) is 0.312. The molecule has 1 aliphatic rings. The summed E-state index contributed by atoms with van der Waals surface area (Å²) in [5, 5.41) is 11.8. The van der Waals surface area contributed by atoms with E-state index in [0.717, 1.165) is 41.8 Å². The van der Waals surface area contributed by atoms with E-state index in [1.54, 1.807) is 4.90 Å². The highest BCUT2D eigenvalue weighted by Gasteiger charge is 2.21. The molecule has 1 fully saturated rings. The number of likely N-dealkylation sites (tertiary alicyclic amines) is 1. The number of benzene rings is 3. The Morgan fingerprint density at radius 3 is 2.32 bits per heavy atom. The van der Waals surface area contributed by atoms with Gasteiger partial charge in [0.2, 0.25) is 0 Å². The Labute approximate surface area is 224 Å². The molecule has 2 heterocycles. The van der Waals surface area contributed by atoms with Gasteiger partial charge in [0.15, 0.2) is 5.88 Å². The standard InChI is InChI=1S/C32H36N4O2/c1-3-36(4-2)32(38)25-15-18-28-27(21-25)29(31(37)34-28)30(24-11-7-5-8-12-24)33-26-16-13-23(14-17-26)22-35-19-9-6-10-20-35/h5,7-8,11-18,21,34,37H,3-4,6,9-10,19-20,22H2,1-2H3. The van der Waals surface area contributed by atoms with E-state index in [9.17, 15) is 9.90 Å². The number of carbonyl (C=O) groups is 1. The fourth-order valence-electron chi connectivity index (χ4n) is 5.29. The summed E-state index contributed by atoms with van der Waals surface area (Å²) in [6.45, 7) is 8.53. The average Bonchev–Trinajstić information content (AvgIpc) is 3.29. The smallest absolute Gasteiger partial charge is 0.253 e. The highest BCUT2D eigenvalue weighted by atomic mass is 16.3. The van der Waals surface area contributed by atoms with Gasteiger partial charge in [0.05, 0.1) is 17.0 Å². The lowest BCUT2D eigenvalue weighted by atomic mass is 9.99. The highest BCUT2D eigenvalue weighted by molar-refractivity contribution is 6.22. The van der Waals surface area contributed by atoms with Crippen LogP contribution < -0.4 is 0 Å². The normalized spacial score (nSPS) is 14.6. The molecule has 0 atom stereocenters. The van der Waals surface area contributed by atoms with Crippen molar-refractivity contribution in [3.8, 4) is 5.88 Å². The number of rotatable bonds is 8. The zero-order valence-electron chi connectivity index (χ0n) is 22.3. The number of aromatic hydroxyl groups is 1. The van der Waals surface area contributed by atoms with Crippen molar-refractivity contribution in [1.82, 2.24) is 14.8 Å². The molecule has 2 N–H and O–H groups in total. The molecule has 0 aliphatic carbocycles. The molecule has 0 radical (unpaired) electrons. The Bertz CT molecular complexity index is 1410. The van der Waals surface area contributed by atoms with Crippen molar-refractivity contribution in [2.24, 2.45) is 4.99 Å². The van der Waals surface area contributed by atoms with Crippen molar-refractivity contribution in [3.63, 3.8) is 0 Å². The van der Waals surface area contributed by atoms with Crippen LogP contribution in [0.4, 0.5) is 5.69 Å². The number of nitrogens with one attached hydrogen (secondary N) is 1. The largest absolute Gasteiger partial charge is 0.494 e. The summed E-state index contributed by atoms with van der Waals surface area (Å²) in [6, 6.07) is 23.8. The van der Waals surface area contributed by atoms with E-state index in [1.165, 1.54) is 24.8 Å². The van der Waals surface area contributed by atoms with E-state index >= 15 is 0 Å². The van der Waals surface area contributed by atoms with Crippen molar-refractivity contribution in [2.75, 3.05) is 26.2 Å². The number of aliphatic imine (C=N–C) groups is 1. The highest BCUT2D eigenvalue weighted by Crippen LogP contribution is 2.32. The van der Waals surface area contributed by atoms with Crippen LogP contribution in [0.5, 0.6) is 5.88 Å². The van der Waals surface area contributed by atoms with E-state index in [4.69, 9.17) is 4.99 Å². The summed E-state index contributed by atoms with van der Waals surface area (Å²) in [5.74, 6) is 0.0165. The molecule has 1 saturated heterocycles. The minimum atomic E-state index is -0.0222. The fourth-order valence-corrected chi connectivity index (χ4v) is 5.29. The van der Waals surface area contributed by atoms with Gasteiger partial charge in [-0.15, -0.1) is 0 Å². The maximum absolute atomic E-state index is 13.1. The number of H-pyrrole nitrogens is 1. The molecule has 0 spiro atoms. The molecule has 1 amide bonds. The van der Waals surface area contributed by atoms with Gasteiger partial charge < -0.3 is 15.0 Å². The molecular formula is C32H36N4O2. The number of amides is 1. The summed E-state index contributed by atoms with van der Waals surface area (Å²) < 4.78 is 0. The van der Waals surface area contributed by atoms with Gasteiger partial charge in [0.1, 0.15) is 0 Å². The summed E-state index contributed by atoms with van der Waals surface area (Å²) >= 11 is 0. The van der Waals surface area contributed by atoms with Crippen molar-refractivity contribution in [1.29, 1.82) is 0 Å². The Morgan fingerprint density at radius 2 is 1.63 bits per heavy atom. The monoisotopic (exact) mass is 508 g/mol. The Morgan fingerprint density at radius 1 is 0.921 bits per heavy atom. The summed E-state index contributed by atoms with van der Waals surface area (Å²) in [5.41, 5.74) is 5.59. The minimum absolute atomic E-state index is 0.0222. The molecule has 38 heavy (non-hydrogen) atoms. The number of hydrogen-bond donors (Lipinski definition) is 2. The van der Waals surface area contributed by atoms with Gasteiger partial charge in [0.25, 0.3) is 5.91 Å². The summed E-state index contributed by atoms with van der Waals surface area (Å²) in [7, 11) is 0. The van der Waals surface area contributed by atoms with Crippen LogP contribution in [0.1, 0.15) is 60.2 Å². The third-order valence-corrected chi connectivity index (χ3v) is 7.39. The van der Waals surface area contributed by atoms with Crippen LogP contribution >= 0.6 is 0 Å². The topological polar surface area (TPSA) is 71.9 Å². The molecule has 0 bridgehead atoms. The molecule has 4 aromatic rings. The van der Waals surface area contributed by atoms with E-state index < -0.39 is 0 Å². The first-order chi connectivity index (χ1) is 18.6. The third kappa shape index (κ3) is 5.50. The number of carbonyl (C=O) groups excluding carboxylic acids is 1. The first-order valence-corrected chi connectivity index (χ1v) is 13.7. The van der Waals surface area contributed by atoms with Crippen LogP contribution in [0.15, 0.2) is 77.8 Å². The molecule has 1 aliphatic heterocycles. The summed E-state index contributed by atoms with van der Waals surface area (Å²) in [4.78, 5) is 25.5. The van der Waals surface area contributed by atoms with Crippen molar-refractivity contribution < 1.29 is 9.90 Å². The average molecular weight is 509 g/mol.